The zero-order valence-electron chi connectivity index (χ0n) is 11.1. The molecule has 1 heterocycles. The molecule has 2 nitrogen and oxygen atoms in total. The maximum atomic E-state index is 6.20. The Morgan fingerprint density at radius 2 is 2.16 bits per heavy atom. The molecule has 1 aliphatic carbocycles. The van der Waals surface area contributed by atoms with Gasteiger partial charge < -0.3 is 10.1 Å². The van der Waals surface area contributed by atoms with E-state index in [2.05, 4.69) is 17.4 Å². The van der Waals surface area contributed by atoms with Gasteiger partial charge in [0.05, 0.1) is 10.0 Å². The second-order valence-corrected chi connectivity index (χ2v) is 6.43. The van der Waals surface area contributed by atoms with Crippen LogP contribution in [0.2, 0.25) is 10.0 Å². The molecule has 0 aromatic heterocycles. The number of ether oxygens (including phenoxy) is 1. The lowest BCUT2D eigenvalue weighted by Gasteiger charge is -2.19. The molecular weight excluding hydrogens is 281 g/mol. The van der Waals surface area contributed by atoms with Gasteiger partial charge >= 0.3 is 0 Å². The number of rotatable bonds is 4. The van der Waals surface area contributed by atoms with E-state index in [-0.39, 0.29) is 5.41 Å². The van der Waals surface area contributed by atoms with Crippen LogP contribution in [0.4, 0.5) is 0 Å². The van der Waals surface area contributed by atoms with E-state index in [1.807, 2.05) is 6.07 Å². The predicted octanol–water partition coefficient (Wildman–Crippen LogP) is 3.51. The highest BCUT2D eigenvalue weighted by Crippen LogP contribution is 2.64. The minimum absolute atomic E-state index is 0.244. The van der Waals surface area contributed by atoms with Gasteiger partial charge in [-0.25, -0.2) is 0 Å². The topological polar surface area (TPSA) is 21.3 Å². The number of nitrogens with one attached hydrogen (secondary N) is 1. The predicted molar refractivity (Wildman–Crippen MR) is 79.1 cm³/mol. The summed E-state index contributed by atoms with van der Waals surface area (Å²) in [5.74, 6) is 1.48. The van der Waals surface area contributed by atoms with Crippen LogP contribution in [-0.2, 0) is 10.2 Å². The molecule has 1 saturated heterocycles. The number of fused-ring (bicyclic) bond motifs is 1. The van der Waals surface area contributed by atoms with Crippen LogP contribution in [0.15, 0.2) is 18.2 Å². The number of piperidine rings is 1. The van der Waals surface area contributed by atoms with Crippen molar-refractivity contribution < 1.29 is 4.74 Å². The molecule has 4 heteroatoms. The molecule has 2 unspecified atom stereocenters. The Balaban J connectivity index is 1.93. The van der Waals surface area contributed by atoms with Gasteiger partial charge in [0.2, 0.25) is 0 Å². The van der Waals surface area contributed by atoms with Crippen LogP contribution in [0.3, 0.4) is 0 Å². The molecule has 104 valence electrons. The van der Waals surface area contributed by atoms with Crippen molar-refractivity contribution in [1.29, 1.82) is 0 Å². The molecule has 3 rings (SSSR count). The van der Waals surface area contributed by atoms with Crippen molar-refractivity contribution in [2.24, 2.45) is 11.8 Å². The minimum Gasteiger partial charge on any atom is -0.385 e. The number of hydrogen-bond donors (Lipinski definition) is 1. The van der Waals surface area contributed by atoms with Gasteiger partial charge in [-0.05, 0) is 55.5 Å². The van der Waals surface area contributed by atoms with Crippen LogP contribution < -0.4 is 5.32 Å². The van der Waals surface area contributed by atoms with Crippen molar-refractivity contribution in [1.82, 2.24) is 5.32 Å². The molecule has 1 aromatic rings. The Bertz CT molecular complexity index is 465. The Morgan fingerprint density at radius 3 is 2.79 bits per heavy atom. The van der Waals surface area contributed by atoms with Crippen LogP contribution in [0.5, 0.6) is 0 Å². The molecule has 0 amide bonds. The lowest BCUT2D eigenvalue weighted by molar-refractivity contribution is 0.181. The van der Waals surface area contributed by atoms with Crippen LogP contribution in [0, 0.1) is 11.8 Å². The molecule has 1 aliphatic heterocycles. The molecule has 0 spiro atoms. The highest BCUT2D eigenvalue weighted by molar-refractivity contribution is 6.42. The van der Waals surface area contributed by atoms with Gasteiger partial charge in [0, 0.05) is 19.1 Å². The fourth-order valence-corrected chi connectivity index (χ4v) is 4.20. The first-order valence-corrected chi connectivity index (χ1v) is 7.61. The summed E-state index contributed by atoms with van der Waals surface area (Å²) >= 11 is 12.2. The zero-order valence-corrected chi connectivity index (χ0v) is 12.6. The van der Waals surface area contributed by atoms with Crippen LogP contribution in [-0.4, -0.2) is 26.8 Å². The SMILES string of the molecule is COCC[C@]1(c2ccc(Cl)c(Cl)c2)C2CCNCC21. The van der Waals surface area contributed by atoms with Crippen LogP contribution in [0.1, 0.15) is 18.4 Å². The Labute approximate surface area is 124 Å². The third-order valence-corrected chi connectivity index (χ3v) is 5.61. The largest absolute Gasteiger partial charge is 0.385 e. The van der Waals surface area contributed by atoms with E-state index in [9.17, 15) is 0 Å². The number of halogens is 2. The standard InChI is InChI=1S/C15H19Cl2NO/c1-19-7-5-15(11-4-6-18-9-12(11)15)10-2-3-13(16)14(17)8-10/h2-3,8,11-12,18H,4-7,9H2,1H3/t11?,12?,15-/m0/s1. The fourth-order valence-electron chi connectivity index (χ4n) is 3.90. The third kappa shape index (κ3) is 2.19. The van der Waals surface area contributed by atoms with Gasteiger partial charge in [-0.1, -0.05) is 29.3 Å². The van der Waals surface area contributed by atoms with Crippen molar-refractivity contribution in [2.45, 2.75) is 18.3 Å². The summed E-state index contributed by atoms with van der Waals surface area (Å²) in [6.45, 7) is 3.03. The Hall–Kier alpha value is -0.280. The normalized spacial score (nSPS) is 33.0. The molecule has 0 bridgehead atoms. The van der Waals surface area contributed by atoms with E-state index in [0.717, 1.165) is 32.0 Å². The molecule has 0 radical (unpaired) electrons. The molecule has 3 atom stereocenters. The summed E-state index contributed by atoms with van der Waals surface area (Å²) in [5, 5.41) is 4.80. The molecule has 1 aromatic carbocycles. The highest BCUT2D eigenvalue weighted by atomic mass is 35.5. The van der Waals surface area contributed by atoms with Gasteiger partial charge in [0.15, 0.2) is 0 Å². The molecule has 2 aliphatic rings. The number of hydrogen-bond acceptors (Lipinski definition) is 2. The van der Waals surface area contributed by atoms with Gasteiger partial charge in [-0.2, -0.15) is 0 Å². The van der Waals surface area contributed by atoms with E-state index in [4.69, 9.17) is 27.9 Å². The monoisotopic (exact) mass is 299 g/mol. The maximum Gasteiger partial charge on any atom is 0.0595 e. The minimum atomic E-state index is 0.244. The van der Waals surface area contributed by atoms with Gasteiger partial charge in [-0.15, -0.1) is 0 Å². The summed E-state index contributed by atoms with van der Waals surface area (Å²) in [5.41, 5.74) is 1.57. The lowest BCUT2D eigenvalue weighted by atomic mass is 9.88. The van der Waals surface area contributed by atoms with Gasteiger partial charge in [-0.3, -0.25) is 0 Å². The van der Waals surface area contributed by atoms with E-state index in [1.165, 1.54) is 12.0 Å². The fraction of sp³-hybridized carbons (Fsp3) is 0.600. The maximum absolute atomic E-state index is 6.20. The van der Waals surface area contributed by atoms with Gasteiger partial charge in [0.1, 0.15) is 0 Å². The second-order valence-electron chi connectivity index (χ2n) is 5.62. The Morgan fingerprint density at radius 1 is 1.32 bits per heavy atom. The first-order valence-electron chi connectivity index (χ1n) is 6.85. The highest BCUT2D eigenvalue weighted by Gasteiger charge is 2.64. The molecule has 19 heavy (non-hydrogen) atoms. The zero-order chi connectivity index (χ0) is 13.5. The average molecular weight is 300 g/mol. The van der Waals surface area contributed by atoms with Crippen LogP contribution in [0.25, 0.3) is 0 Å². The van der Waals surface area contributed by atoms with Crippen molar-refractivity contribution >= 4 is 23.2 Å². The molecule has 1 N–H and O–H groups in total. The summed E-state index contributed by atoms with van der Waals surface area (Å²) in [4.78, 5) is 0. The quantitative estimate of drug-likeness (QED) is 0.919. The Kier molecular flexibility index (Phi) is 3.78. The van der Waals surface area contributed by atoms with Crippen molar-refractivity contribution in [3.8, 4) is 0 Å². The molecule has 1 saturated carbocycles. The van der Waals surface area contributed by atoms with Crippen LogP contribution >= 0.6 is 23.2 Å². The average Bonchev–Trinajstić information content (AvgIpc) is 3.09. The second kappa shape index (κ2) is 5.25. The first kappa shape index (κ1) is 13.7. The lowest BCUT2D eigenvalue weighted by Crippen LogP contribution is -2.24. The molecular formula is C15H19Cl2NO. The third-order valence-electron chi connectivity index (χ3n) is 4.87. The number of methoxy groups -OCH3 is 1. The van der Waals surface area contributed by atoms with E-state index in [0.29, 0.717) is 16.0 Å². The van der Waals surface area contributed by atoms with Crippen molar-refractivity contribution in [3.63, 3.8) is 0 Å². The van der Waals surface area contributed by atoms with Crippen molar-refractivity contribution in [3.05, 3.63) is 33.8 Å². The first-order chi connectivity index (χ1) is 9.20. The van der Waals surface area contributed by atoms with E-state index >= 15 is 0 Å². The van der Waals surface area contributed by atoms with E-state index in [1.54, 1.807) is 7.11 Å². The van der Waals surface area contributed by atoms with Gasteiger partial charge in [0.25, 0.3) is 0 Å². The van der Waals surface area contributed by atoms with E-state index < -0.39 is 0 Å². The summed E-state index contributed by atoms with van der Waals surface area (Å²) in [7, 11) is 1.77. The summed E-state index contributed by atoms with van der Waals surface area (Å²) in [6.07, 6.45) is 2.31. The molecule has 2 fully saturated rings. The summed E-state index contributed by atoms with van der Waals surface area (Å²) in [6, 6.07) is 6.12. The number of benzene rings is 1. The van der Waals surface area contributed by atoms with Crippen molar-refractivity contribution in [2.75, 3.05) is 26.8 Å². The smallest absolute Gasteiger partial charge is 0.0595 e. The summed E-state index contributed by atoms with van der Waals surface area (Å²) < 4.78 is 5.32.